The van der Waals surface area contributed by atoms with Crippen molar-refractivity contribution in [1.82, 2.24) is 4.90 Å². The summed E-state index contributed by atoms with van der Waals surface area (Å²) >= 11 is 0. The van der Waals surface area contributed by atoms with Crippen LogP contribution in [-0.4, -0.2) is 16.8 Å². The van der Waals surface area contributed by atoms with Gasteiger partial charge in [0.15, 0.2) is 0 Å². The molecule has 1 aliphatic heterocycles. The molecule has 1 heterocycles. The van der Waals surface area contributed by atoms with Gasteiger partial charge < -0.3 is 4.90 Å². The number of rotatable bonds is 2. The van der Waals surface area contributed by atoms with Crippen LogP contribution in [0.25, 0.3) is 0 Å². The highest BCUT2D eigenvalue weighted by Crippen LogP contribution is 2.12. The summed E-state index contributed by atoms with van der Waals surface area (Å²) in [7, 11) is 0. The van der Waals surface area contributed by atoms with Crippen LogP contribution < -0.4 is 0 Å². The molecule has 0 aliphatic carbocycles. The van der Waals surface area contributed by atoms with Crippen LogP contribution in [0, 0.1) is 0 Å². The van der Waals surface area contributed by atoms with Crippen LogP contribution in [-0.2, 0) is 4.79 Å². The molecule has 0 fully saturated rings. The molecule has 0 aromatic carbocycles. The quantitative estimate of drug-likeness (QED) is 0.569. The highest BCUT2D eigenvalue weighted by atomic mass is 16.2. The molecule has 12 heavy (non-hydrogen) atoms. The molecule has 2 nitrogen and oxygen atoms in total. The SMILES string of the molecule is C=CC[C@H]1C=CC=CN1C(C)=O. The van der Waals surface area contributed by atoms with E-state index in [1.54, 1.807) is 18.0 Å². The molecule has 1 amide bonds. The Morgan fingerprint density at radius 1 is 1.67 bits per heavy atom. The summed E-state index contributed by atoms with van der Waals surface area (Å²) in [6.07, 6.45) is 10.2. The summed E-state index contributed by atoms with van der Waals surface area (Å²) in [6.45, 7) is 5.22. The van der Waals surface area contributed by atoms with Gasteiger partial charge in [-0.15, -0.1) is 6.58 Å². The maximum atomic E-state index is 11.1. The second kappa shape index (κ2) is 3.90. The Kier molecular flexibility index (Phi) is 2.86. The Balaban J connectivity index is 2.70. The van der Waals surface area contributed by atoms with E-state index in [-0.39, 0.29) is 11.9 Å². The fraction of sp³-hybridized carbons (Fsp3) is 0.300. The van der Waals surface area contributed by atoms with Gasteiger partial charge in [-0.1, -0.05) is 18.2 Å². The largest absolute Gasteiger partial charge is 0.312 e. The van der Waals surface area contributed by atoms with Gasteiger partial charge in [0.25, 0.3) is 0 Å². The molecule has 0 aromatic heterocycles. The lowest BCUT2D eigenvalue weighted by Crippen LogP contribution is -2.33. The van der Waals surface area contributed by atoms with Crippen LogP contribution in [0.5, 0.6) is 0 Å². The number of allylic oxidation sites excluding steroid dienone is 2. The molecule has 0 bridgehead atoms. The molecule has 2 heteroatoms. The van der Waals surface area contributed by atoms with Gasteiger partial charge >= 0.3 is 0 Å². The summed E-state index contributed by atoms with van der Waals surface area (Å²) in [5, 5.41) is 0. The van der Waals surface area contributed by atoms with E-state index in [0.29, 0.717) is 0 Å². The normalized spacial score (nSPS) is 21.1. The van der Waals surface area contributed by atoms with Gasteiger partial charge in [0.1, 0.15) is 0 Å². The monoisotopic (exact) mass is 163 g/mol. The number of carbonyl (C=O) groups is 1. The zero-order valence-electron chi connectivity index (χ0n) is 7.23. The molecule has 0 saturated heterocycles. The van der Waals surface area contributed by atoms with Crippen LogP contribution in [0.1, 0.15) is 13.3 Å². The Morgan fingerprint density at radius 3 is 3.00 bits per heavy atom. The zero-order valence-corrected chi connectivity index (χ0v) is 7.23. The molecule has 64 valence electrons. The van der Waals surface area contributed by atoms with E-state index >= 15 is 0 Å². The first-order chi connectivity index (χ1) is 5.75. The van der Waals surface area contributed by atoms with E-state index in [0.717, 1.165) is 6.42 Å². The van der Waals surface area contributed by atoms with Crippen LogP contribution in [0.3, 0.4) is 0 Å². The van der Waals surface area contributed by atoms with E-state index in [1.807, 2.05) is 24.3 Å². The van der Waals surface area contributed by atoms with Gasteiger partial charge in [-0.3, -0.25) is 4.79 Å². The lowest BCUT2D eigenvalue weighted by molar-refractivity contribution is -0.127. The van der Waals surface area contributed by atoms with Crippen molar-refractivity contribution in [3.8, 4) is 0 Å². The molecular formula is C10H13NO. The van der Waals surface area contributed by atoms with Gasteiger partial charge in [0.05, 0.1) is 6.04 Å². The minimum atomic E-state index is 0.0717. The molecule has 0 aromatic rings. The van der Waals surface area contributed by atoms with Crippen LogP contribution >= 0.6 is 0 Å². The van der Waals surface area contributed by atoms with Crippen molar-refractivity contribution in [3.05, 3.63) is 37.1 Å². The number of hydrogen-bond donors (Lipinski definition) is 0. The zero-order chi connectivity index (χ0) is 8.97. The van der Waals surface area contributed by atoms with E-state index in [1.165, 1.54) is 0 Å². The number of carbonyl (C=O) groups excluding carboxylic acids is 1. The average molecular weight is 163 g/mol. The third kappa shape index (κ3) is 1.84. The van der Waals surface area contributed by atoms with E-state index < -0.39 is 0 Å². The average Bonchev–Trinajstić information content (AvgIpc) is 2.05. The van der Waals surface area contributed by atoms with Crippen molar-refractivity contribution < 1.29 is 4.79 Å². The standard InChI is InChI=1S/C10H13NO/c1-3-6-10-7-4-5-8-11(10)9(2)12/h3-5,7-8,10H,1,6H2,2H3/t10-/m0/s1. The molecular weight excluding hydrogens is 150 g/mol. The predicted octanol–water partition coefficient (Wildman–Crippen LogP) is 1.86. The first-order valence-electron chi connectivity index (χ1n) is 4.00. The van der Waals surface area contributed by atoms with Gasteiger partial charge in [-0.2, -0.15) is 0 Å². The molecule has 1 atom stereocenters. The van der Waals surface area contributed by atoms with Crippen LogP contribution in [0.4, 0.5) is 0 Å². The summed E-state index contributed by atoms with van der Waals surface area (Å²) < 4.78 is 0. The lowest BCUT2D eigenvalue weighted by Gasteiger charge is -2.26. The van der Waals surface area contributed by atoms with Gasteiger partial charge in [-0.05, 0) is 12.5 Å². The summed E-state index contributed by atoms with van der Waals surface area (Å²) in [6, 6.07) is 0.157. The lowest BCUT2D eigenvalue weighted by atomic mass is 10.1. The molecule has 0 saturated carbocycles. The topological polar surface area (TPSA) is 20.3 Å². The summed E-state index contributed by atoms with van der Waals surface area (Å²) in [5.74, 6) is 0.0717. The molecule has 0 spiro atoms. The maximum absolute atomic E-state index is 11.1. The minimum absolute atomic E-state index is 0.0717. The van der Waals surface area contributed by atoms with Crippen molar-refractivity contribution in [1.29, 1.82) is 0 Å². The van der Waals surface area contributed by atoms with Gasteiger partial charge in [0, 0.05) is 13.1 Å². The van der Waals surface area contributed by atoms with E-state index in [4.69, 9.17) is 0 Å². The molecule has 1 aliphatic rings. The summed E-state index contributed by atoms with van der Waals surface area (Å²) in [5.41, 5.74) is 0. The van der Waals surface area contributed by atoms with E-state index in [9.17, 15) is 4.79 Å². The first kappa shape index (κ1) is 8.78. The highest BCUT2D eigenvalue weighted by molar-refractivity contribution is 5.75. The predicted molar refractivity (Wildman–Crippen MR) is 49.4 cm³/mol. The number of hydrogen-bond acceptors (Lipinski definition) is 1. The van der Waals surface area contributed by atoms with Crippen LogP contribution in [0.2, 0.25) is 0 Å². The van der Waals surface area contributed by atoms with Gasteiger partial charge in [0.2, 0.25) is 5.91 Å². The second-order valence-corrected chi connectivity index (χ2v) is 2.74. The third-order valence-corrected chi connectivity index (χ3v) is 1.82. The Bertz CT molecular complexity index is 240. The third-order valence-electron chi connectivity index (χ3n) is 1.82. The van der Waals surface area contributed by atoms with Crippen molar-refractivity contribution in [2.75, 3.05) is 0 Å². The molecule has 1 rings (SSSR count). The van der Waals surface area contributed by atoms with Crippen molar-refractivity contribution in [3.63, 3.8) is 0 Å². The Morgan fingerprint density at radius 2 is 2.42 bits per heavy atom. The summed E-state index contributed by atoms with van der Waals surface area (Å²) in [4.78, 5) is 12.8. The van der Waals surface area contributed by atoms with E-state index in [2.05, 4.69) is 6.58 Å². The van der Waals surface area contributed by atoms with Crippen LogP contribution in [0.15, 0.2) is 37.1 Å². The molecule has 0 unspecified atom stereocenters. The van der Waals surface area contributed by atoms with Crippen molar-refractivity contribution >= 4 is 5.91 Å². The maximum Gasteiger partial charge on any atom is 0.223 e. The van der Waals surface area contributed by atoms with Gasteiger partial charge in [-0.25, -0.2) is 0 Å². The van der Waals surface area contributed by atoms with Crippen molar-refractivity contribution in [2.24, 2.45) is 0 Å². The molecule has 0 radical (unpaired) electrons. The number of nitrogens with zero attached hydrogens (tertiary/aromatic N) is 1. The Hall–Kier alpha value is -1.31. The first-order valence-corrected chi connectivity index (χ1v) is 4.00. The van der Waals surface area contributed by atoms with Crippen molar-refractivity contribution in [2.45, 2.75) is 19.4 Å². The fourth-order valence-corrected chi connectivity index (χ4v) is 1.24. The fourth-order valence-electron chi connectivity index (χ4n) is 1.24. The number of amides is 1. The minimum Gasteiger partial charge on any atom is -0.312 e. The Labute approximate surface area is 72.9 Å². The smallest absolute Gasteiger partial charge is 0.223 e. The second-order valence-electron chi connectivity index (χ2n) is 2.74. The molecule has 0 N–H and O–H groups in total. The highest BCUT2D eigenvalue weighted by Gasteiger charge is 2.15.